The number of likely N-dealkylation sites (tertiary alicyclic amines) is 1. The number of hydrogen-bond acceptors (Lipinski definition) is 6. The van der Waals surface area contributed by atoms with E-state index >= 15 is 0 Å². The van der Waals surface area contributed by atoms with E-state index in [1.165, 1.54) is 0 Å². The third kappa shape index (κ3) is 3.68. The predicted molar refractivity (Wildman–Crippen MR) is 82.3 cm³/mol. The van der Waals surface area contributed by atoms with Gasteiger partial charge in [0.05, 0.1) is 13.7 Å². The van der Waals surface area contributed by atoms with Crippen molar-refractivity contribution in [2.75, 3.05) is 26.7 Å². The van der Waals surface area contributed by atoms with Crippen molar-refractivity contribution in [2.24, 2.45) is 0 Å². The zero-order valence-electron chi connectivity index (χ0n) is 12.9. The summed E-state index contributed by atoms with van der Waals surface area (Å²) < 4.78 is 10.9. The Kier molecular flexibility index (Phi) is 4.57. The fourth-order valence-electron chi connectivity index (χ4n) is 2.78. The molecule has 1 saturated heterocycles. The SMILES string of the molecule is COc1ccc(-c2nnc(C3CCN(CC(=O)O)CC3)o2)cc1. The number of nitrogens with zero attached hydrogens (tertiary/aromatic N) is 3. The van der Waals surface area contributed by atoms with Gasteiger partial charge in [-0.05, 0) is 50.2 Å². The maximum Gasteiger partial charge on any atom is 0.317 e. The number of ether oxygens (including phenoxy) is 1. The van der Waals surface area contributed by atoms with Crippen LogP contribution in [-0.4, -0.2) is 52.9 Å². The lowest BCUT2D eigenvalue weighted by Crippen LogP contribution is -2.36. The van der Waals surface area contributed by atoms with E-state index in [0.717, 1.165) is 37.2 Å². The second kappa shape index (κ2) is 6.78. The van der Waals surface area contributed by atoms with Gasteiger partial charge in [-0.15, -0.1) is 10.2 Å². The van der Waals surface area contributed by atoms with Gasteiger partial charge in [-0.2, -0.15) is 0 Å². The van der Waals surface area contributed by atoms with E-state index in [1.54, 1.807) is 7.11 Å². The van der Waals surface area contributed by atoms with Crippen molar-refractivity contribution in [2.45, 2.75) is 18.8 Å². The second-order valence-corrected chi connectivity index (χ2v) is 5.62. The maximum absolute atomic E-state index is 10.7. The van der Waals surface area contributed by atoms with E-state index in [2.05, 4.69) is 10.2 Å². The molecular weight excluding hydrogens is 298 g/mol. The van der Waals surface area contributed by atoms with Gasteiger partial charge in [0, 0.05) is 11.5 Å². The molecule has 23 heavy (non-hydrogen) atoms. The number of piperidine rings is 1. The monoisotopic (exact) mass is 317 g/mol. The molecule has 1 fully saturated rings. The van der Waals surface area contributed by atoms with E-state index in [4.69, 9.17) is 14.3 Å². The van der Waals surface area contributed by atoms with E-state index < -0.39 is 5.97 Å². The molecule has 3 rings (SSSR count). The van der Waals surface area contributed by atoms with Crippen molar-refractivity contribution in [3.63, 3.8) is 0 Å². The lowest BCUT2D eigenvalue weighted by molar-refractivity contribution is -0.138. The molecule has 0 unspecified atom stereocenters. The van der Waals surface area contributed by atoms with Crippen molar-refractivity contribution < 1.29 is 19.1 Å². The molecule has 7 nitrogen and oxygen atoms in total. The summed E-state index contributed by atoms with van der Waals surface area (Å²) in [5, 5.41) is 17.1. The van der Waals surface area contributed by atoms with Gasteiger partial charge in [0.1, 0.15) is 5.75 Å². The summed E-state index contributed by atoms with van der Waals surface area (Å²) in [7, 11) is 1.62. The molecular formula is C16H19N3O4. The molecule has 2 aromatic rings. The van der Waals surface area contributed by atoms with Gasteiger partial charge in [0.15, 0.2) is 0 Å². The first-order valence-corrected chi connectivity index (χ1v) is 7.57. The normalized spacial score (nSPS) is 16.4. The van der Waals surface area contributed by atoms with E-state index in [1.807, 2.05) is 29.2 Å². The molecule has 0 aliphatic carbocycles. The largest absolute Gasteiger partial charge is 0.497 e. The smallest absolute Gasteiger partial charge is 0.317 e. The summed E-state index contributed by atoms with van der Waals surface area (Å²) >= 11 is 0. The second-order valence-electron chi connectivity index (χ2n) is 5.62. The van der Waals surface area contributed by atoms with E-state index in [-0.39, 0.29) is 12.5 Å². The molecule has 0 bridgehead atoms. The zero-order chi connectivity index (χ0) is 16.2. The third-order valence-electron chi connectivity index (χ3n) is 4.07. The van der Waals surface area contributed by atoms with Gasteiger partial charge >= 0.3 is 5.97 Å². The Hall–Kier alpha value is -2.41. The number of aliphatic carboxylic acids is 1. The predicted octanol–water partition coefficient (Wildman–Crippen LogP) is 2.01. The molecule has 122 valence electrons. The number of methoxy groups -OCH3 is 1. The minimum absolute atomic E-state index is 0.0909. The molecule has 0 radical (unpaired) electrons. The Balaban J connectivity index is 1.64. The summed E-state index contributed by atoms with van der Waals surface area (Å²) in [5.74, 6) is 1.31. The maximum atomic E-state index is 10.7. The van der Waals surface area contributed by atoms with Crippen LogP contribution in [0.25, 0.3) is 11.5 Å². The number of rotatable bonds is 5. The lowest BCUT2D eigenvalue weighted by atomic mass is 9.97. The minimum Gasteiger partial charge on any atom is -0.497 e. The van der Waals surface area contributed by atoms with Crippen LogP contribution in [0.5, 0.6) is 5.75 Å². The minimum atomic E-state index is -0.789. The van der Waals surface area contributed by atoms with Gasteiger partial charge in [0.25, 0.3) is 0 Å². The Morgan fingerprint density at radius 2 is 2.00 bits per heavy atom. The van der Waals surface area contributed by atoms with Gasteiger partial charge in [0.2, 0.25) is 11.8 Å². The van der Waals surface area contributed by atoms with E-state index in [0.29, 0.717) is 11.8 Å². The van der Waals surface area contributed by atoms with Crippen LogP contribution in [0.15, 0.2) is 28.7 Å². The van der Waals surface area contributed by atoms with Crippen LogP contribution in [0.2, 0.25) is 0 Å². The topological polar surface area (TPSA) is 88.7 Å². The highest BCUT2D eigenvalue weighted by Crippen LogP contribution is 2.29. The molecule has 1 N–H and O–H groups in total. The summed E-state index contributed by atoms with van der Waals surface area (Å²) in [6, 6.07) is 7.46. The average molecular weight is 317 g/mol. The molecule has 0 spiro atoms. The van der Waals surface area contributed by atoms with Crippen LogP contribution in [0.4, 0.5) is 0 Å². The molecule has 0 saturated carbocycles. The number of carboxylic acid groups (broad SMARTS) is 1. The molecule has 1 aliphatic rings. The number of aromatic nitrogens is 2. The fourth-order valence-corrected chi connectivity index (χ4v) is 2.78. The Labute approximate surface area is 133 Å². The Morgan fingerprint density at radius 1 is 1.30 bits per heavy atom. The highest BCUT2D eigenvalue weighted by Gasteiger charge is 2.26. The van der Waals surface area contributed by atoms with Crippen LogP contribution in [0.1, 0.15) is 24.7 Å². The van der Waals surface area contributed by atoms with Crippen LogP contribution >= 0.6 is 0 Å². The van der Waals surface area contributed by atoms with Gasteiger partial charge in [-0.3, -0.25) is 9.69 Å². The molecule has 7 heteroatoms. The standard InChI is InChI=1S/C16H19N3O4/c1-22-13-4-2-11(3-5-13)15-17-18-16(23-15)12-6-8-19(9-7-12)10-14(20)21/h2-5,12H,6-10H2,1H3,(H,20,21). The van der Waals surface area contributed by atoms with Crippen LogP contribution < -0.4 is 4.74 Å². The zero-order valence-corrected chi connectivity index (χ0v) is 12.9. The third-order valence-corrected chi connectivity index (χ3v) is 4.07. The van der Waals surface area contributed by atoms with Crippen molar-refractivity contribution in [3.8, 4) is 17.2 Å². The molecule has 1 aromatic heterocycles. The number of hydrogen-bond donors (Lipinski definition) is 1. The lowest BCUT2D eigenvalue weighted by Gasteiger charge is -2.28. The first kappa shape index (κ1) is 15.5. The Bertz CT molecular complexity index is 660. The number of benzene rings is 1. The van der Waals surface area contributed by atoms with Crippen LogP contribution in [-0.2, 0) is 4.79 Å². The van der Waals surface area contributed by atoms with Gasteiger partial charge < -0.3 is 14.3 Å². The highest BCUT2D eigenvalue weighted by atomic mass is 16.5. The van der Waals surface area contributed by atoms with Gasteiger partial charge in [-0.25, -0.2) is 0 Å². The number of carboxylic acids is 1. The average Bonchev–Trinajstić information content (AvgIpc) is 3.05. The molecule has 1 aliphatic heterocycles. The van der Waals surface area contributed by atoms with Crippen molar-refractivity contribution in [1.29, 1.82) is 0 Å². The molecule has 0 amide bonds. The molecule has 1 aromatic carbocycles. The number of carbonyl (C=O) groups is 1. The summed E-state index contributed by atoms with van der Waals surface area (Å²) in [6.07, 6.45) is 1.66. The summed E-state index contributed by atoms with van der Waals surface area (Å²) in [6.45, 7) is 1.56. The first-order chi connectivity index (χ1) is 11.2. The summed E-state index contributed by atoms with van der Waals surface area (Å²) in [4.78, 5) is 12.7. The summed E-state index contributed by atoms with van der Waals surface area (Å²) in [5.41, 5.74) is 0.855. The van der Waals surface area contributed by atoms with Crippen molar-refractivity contribution >= 4 is 5.97 Å². The first-order valence-electron chi connectivity index (χ1n) is 7.57. The Morgan fingerprint density at radius 3 is 2.61 bits per heavy atom. The molecule has 0 atom stereocenters. The van der Waals surface area contributed by atoms with Crippen LogP contribution in [0.3, 0.4) is 0 Å². The van der Waals surface area contributed by atoms with Crippen LogP contribution in [0, 0.1) is 0 Å². The van der Waals surface area contributed by atoms with Crippen molar-refractivity contribution in [1.82, 2.24) is 15.1 Å². The fraction of sp³-hybridized carbons (Fsp3) is 0.438. The van der Waals surface area contributed by atoms with Crippen molar-refractivity contribution in [3.05, 3.63) is 30.2 Å². The quantitative estimate of drug-likeness (QED) is 0.902. The highest BCUT2D eigenvalue weighted by molar-refractivity contribution is 5.69. The van der Waals surface area contributed by atoms with Gasteiger partial charge in [-0.1, -0.05) is 0 Å². The molecule has 2 heterocycles. The van der Waals surface area contributed by atoms with E-state index in [9.17, 15) is 4.79 Å².